The van der Waals surface area contributed by atoms with Crippen molar-refractivity contribution in [2.75, 3.05) is 11.5 Å². The van der Waals surface area contributed by atoms with Gasteiger partial charge in [0.25, 0.3) is 0 Å². The van der Waals surface area contributed by atoms with Crippen molar-refractivity contribution in [1.29, 1.82) is 0 Å². The number of fused-ring (bicyclic) bond motifs is 2. The molecule has 0 radical (unpaired) electrons. The van der Waals surface area contributed by atoms with Gasteiger partial charge in [0.1, 0.15) is 0 Å². The summed E-state index contributed by atoms with van der Waals surface area (Å²) in [6, 6.07) is 32.3. The summed E-state index contributed by atoms with van der Waals surface area (Å²) in [5, 5.41) is 2.40. The number of carbonyl (C=O) groups is 1. The van der Waals surface area contributed by atoms with Crippen LogP contribution >= 0.6 is 0 Å². The van der Waals surface area contributed by atoms with Crippen molar-refractivity contribution in [2.45, 2.75) is 0 Å². The molecule has 4 aromatic carbocycles. The van der Waals surface area contributed by atoms with Gasteiger partial charge in [-0.05, 0) is 66.7 Å². The number of benzene rings is 4. The van der Waals surface area contributed by atoms with Crippen molar-refractivity contribution in [3.05, 3.63) is 114 Å². The molecule has 30 heavy (non-hydrogen) atoms. The lowest BCUT2D eigenvalue weighted by molar-refractivity contribution is 0.103. The summed E-state index contributed by atoms with van der Waals surface area (Å²) in [5.74, 6) is -0.0278. The maximum Gasteiger partial charge on any atom is 0.193 e. The SMILES string of the molecule is Nc1ccc(C(=O)c2ccc(N)cc2)cc1.c1ccc2nc3ccccc3cc2c1. The number of ketones is 1. The second kappa shape index (κ2) is 8.45. The highest BCUT2D eigenvalue weighted by atomic mass is 16.1. The van der Waals surface area contributed by atoms with Gasteiger partial charge < -0.3 is 11.5 Å². The Balaban J connectivity index is 0.000000146. The molecule has 4 N–H and O–H groups in total. The Morgan fingerprint density at radius 1 is 0.567 bits per heavy atom. The van der Waals surface area contributed by atoms with Crippen LogP contribution in [0, 0.1) is 0 Å². The molecule has 0 aliphatic heterocycles. The molecular formula is C26H21N3O. The number of nitrogens with zero attached hydrogens (tertiary/aromatic N) is 1. The standard InChI is InChI=1S/C13H12N2O.C13H9N/c14-11-5-1-9(2-6-11)13(16)10-3-7-12(15)8-4-10;1-3-7-12-10(5-1)9-11-6-2-4-8-13(11)14-12/h1-8H,14-15H2;1-9H. The molecule has 1 aromatic heterocycles. The first-order valence-corrected chi connectivity index (χ1v) is 9.60. The van der Waals surface area contributed by atoms with E-state index in [4.69, 9.17) is 11.5 Å². The molecule has 1 heterocycles. The van der Waals surface area contributed by atoms with Gasteiger partial charge in [0, 0.05) is 33.3 Å². The second-order valence-corrected chi connectivity index (χ2v) is 6.95. The first-order chi connectivity index (χ1) is 14.6. The van der Waals surface area contributed by atoms with E-state index >= 15 is 0 Å². The van der Waals surface area contributed by atoms with E-state index in [0.717, 1.165) is 11.0 Å². The zero-order valence-electron chi connectivity index (χ0n) is 16.3. The molecule has 0 aliphatic rings. The number of nitrogens with two attached hydrogens (primary N) is 2. The monoisotopic (exact) mass is 391 g/mol. The zero-order chi connectivity index (χ0) is 20.9. The van der Waals surface area contributed by atoms with Gasteiger partial charge in [0.2, 0.25) is 0 Å². The van der Waals surface area contributed by atoms with Crippen LogP contribution in [0.4, 0.5) is 11.4 Å². The van der Waals surface area contributed by atoms with Crippen LogP contribution in [0.2, 0.25) is 0 Å². The van der Waals surface area contributed by atoms with Gasteiger partial charge >= 0.3 is 0 Å². The van der Waals surface area contributed by atoms with E-state index < -0.39 is 0 Å². The predicted octanol–water partition coefficient (Wildman–Crippen LogP) is 5.47. The van der Waals surface area contributed by atoms with Crippen molar-refractivity contribution in [2.24, 2.45) is 0 Å². The van der Waals surface area contributed by atoms with Crippen LogP contribution in [0.1, 0.15) is 15.9 Å². The summed E-state index contributed by atoms with van der Waals surface area (Å²) in [7, 11) is 0. The summed E-state index contributed by atoms with van der Waals surface area (Å²) in [6.07, 6.45) is 0. The number of anilines is 2. The highest BCUT2D eigenvalue weighted by Gasteiger charge is 2.07. The molecule has 0 saturated carbocycles. The Labute approximate surface area is 174 Å². The van der Waals surface area contributed by atoms with Crippen LogP contribution in [-0.4, -0.2) is 10.8 Å². The lowest BCUT2D eigenvalue weighted by Crippen LogP contribution is -2.01. The van der Waals surface area contributed by atoms with Crippen LogP contribution in [0.5, 0.6) is 0 Å². The quantitative estimate of drug-likeness (QED) is 0.237. The lowest BCUT2D eigenvalue weighted by atomic mass is 10.0. The molecule has 0 fully saturated rings. The molecule has 0 saturated heterocycles. The fourth-order valence-corrected chi connectivity index (χ4v) is 3.16. The molecular weight excluding hydrogens is 370 g/mol. The zero-order valence-corrected chi connectivity index (χ0v) is 16.3. The summed E-state index contributed by atoms with van der Waals surface area (Å²) in [5.41, 5.74) is 15.8. The van der Waals surface area contributed by atoms with Gasteiger partial charge in [-0.25, -0.2) is 4.98 Å². The highest BCUT2D eigenvalue weighted by molar-refractivity contribution is 6.09. The minimum atomic E-state index is -0.0278. The van der Waals surface area contributed by atoms with E-state index in [0.29, 0.717) is 22.5 Å². The van der Waals surface area contributed by atoms with Crippen LogP contribution in [0.3, 0.4) is 0 Å². The van der Waals surface area contributed by atoms with E-state index in [1.165, 1.54) is 10.8 Å². The van der Waals surface area contributed by atoms with Crippen molar-refractivity contribution in [3.8, 4) is 0 Å². The maximum atomic E-state index is 12.0. The van der Waals surface area contributed by atoms with E-state index in [2.05, 4.69) is 23.2 Å². The summed E-state index contributed by atoms with van der Waals surface area (Å²) in [6.45, 7) is 0. The Kier molecular flexibility index (Phi) is 5.39. The third kappa shape index (κ3) is 4.28. The summed E-state index contributed by atoms with van der Waals surface area (Å²) in [4.78, 5) is 16.6. The molecule has 0 bridgehead atoms. The van der Waals surface area contributed by atoms with E-state index in [1.54, 1.807) is 48.5 Å². The molecule has 0 atom stereocenters. The highest BCUT2D eigenvalue weighted by Crippen LogP contribution is 2.18. The molecule has 0 unspecified atom stereocenters. The second-order valence-electron chi connectivity index (χ2n) is 6.95. The van der Waals surface area contributed by atoms with E-state index in [-0.39, 0.29) is 5.78 Å². The van der Waals surface area contributed by atoms with E-state index in [9.17, 15) is 4.79 Å². The maximum absolute atomic E-state index is 12.0. The Morgan fingerprint density at radius 2 is 0.967 bits per heavy atom. The lowest BCUT2D eigenvalue weighted by Gasteiger charge is -2.02. The number of hydrogen-bond acceptors (Lipinski definition) is 4. The molecule has 5 aromatic rings. The average Bonchev–Trinajstić information content (AvgIpc) is 2.79. The number of pyridine rings is 1. The van der Waals surface area contributed by atoms with Gasteiger partial charge in [-0.1, -0.05) is 36.4 Å². The smallest absolute Gasteiger partial charge is 0.193 e. The third-order valence-corrected chi connectivity index (χ3v) is 4.77. The normalized spacial score (nSPS) is 10.4. The van der Waals surface area contributed by atoms with Crippen molar-refractivity contribution in [1.82, 2.24) is 4.98 Å². The van der Waals surface area contributed by atoms with E-state index in [1.807, 2.05) is 36.4 Å². The number of aromatic nitrogens is 1. The number of carbonyl (C=O) groups excluding carboxylic acids is 1. The Morgan fingerprint density at radius 3 is 1.40 bits per heavy atom. The van der Waals surface area contributed by atoms with Crippen LogP contribution in [0.15, 0.2) is 103 Å². The topological polar surface area (TPSA) is 82.0 Å². The number of hydrogen-bond donors (Lipinski definition) is 2. The van der Waals surface area contributed by atoms with Crippen molar-refractivity contribution >= 4 is 39.0 Å². The van der Waals surface area contributed by atoms with Gasteiger partial charge in [0.05, 0.1) is 11.0 Å². The first-order valence-electron chi connectivity index (χ1n) is 9.60. The Bertz CT molecular complexity index is 1160. The molecule has 146 valence electrons. The number of rotatable bonds is 2. The largest absolute Gasteiger partial charge is 0.399 e. The minimum Gasteiger partial charge on any atom is -0.399 e. The average molecular weight is 391 g/mol. The van der Waals surface area contributed by atoms with Gasteiger partial charge in [0.15, 0.2) is 5.78 Å². The fraction of sp³-hybridized carbons (Fsp3) is 0. The first kappa shape index (κ1) is 19.2. The van der Waals surface area contributed by atoms with Gasteiger partial charge in [-0.2, -0.15) is 0 Å². The van der Waals surface area contributed by atoms with Crippen molar-refractivity contribution in [3.63, 3.8) is 0 Å². The molecule has 4 heteroatoms. The van der Waals surface area contributed by atoms with Crippen LogP contribution in [-0.2, 0) is 0 Å². The molecule has 0 spiro atoms. The van der Waals surface area contributed by atoms with Crippen LogP contribution < -0.4 is 11.5 Å². The third-order valence-electron chi connectivity index (χ3n) is 4.77. The van der Waals surface area contributed by atoms with Crippen LogP contribution in [0.25, 0.3) is 21.8 Å². The van der Waals surface area contributed by atoms with Crippen molar-refractivity contribution < 1.29 is 4.79 Å². The summed E-state index contributed by atoms with van der Waals surface area (Å²) < 4.78 is 0. The predicted molar refractivity (Wildman–Crippen MR) is 124 cm³/mol. The molecule has 5 rings (SSSR count). The minimum absolute atomic E-state index is 0.0278. The molecule has 4 nitrogen and oxygen atoms in total. The molecule has 0 amide bonds. The fourth-order valence-electron chi connectivity index (χ4n) is 3.16. The van der Waals surface area contributed by atoms with Gasteiger partial charge in [-0.15, -0.1) is 0 Å². The van der Waals surface area contributed by atoms with Gasteiger partial charge in [-0.3, -0.25) is 4.79 Å². The Hall–Kier alpha value is -4.18. The number of nitrogen functional groups attached to an aromatic ring is 2. The summed E-state index contributed by atoms with van der Waals surface area (Å²) >= 11 is 0. The molecule has 0 aliphatic carbocycles. The number of para-hydroxylation sites is 2.